The summed E-state index contributed by atoms with van der Waals surface area (Å²) >= 11 is 0. The predicted octanol–water partition coefficient (Wildman–Crippen LogP) is -4.40. The van der Waals surface area contributed by atoms with Crippen molar-refractivity contribution in [3.05, 3.63) is 29.0 Å². The third-order valence-electron chi connectivity index (χ3n) is 5.59. The van der Waals surface area contributed by atoms with E-state index >= 15 is 0 Å². The number of morpholine rings is 2. The van der Waals surface area contributed by atoms with Gasteiger partial charge in [-0.05, 0) is 12.0 Å². The molecular weight excluding hydrogens is 471 g/mol. The van der Waals surface area contributed by atoms with Crippen LogP contribution < -0.4 is 56.5 Å². The van der Waals surface area contributed by atoms with Crippen molar-refractivity contribution < 1.29 is 80.3 Å². The Hall–Kier alpha value is -1.87. The number of aryl methyl sites for hydroxylation is 1. The minimum Gasteiger partial charge on any atom is -0.858 e. The topological polar surface area (TPSA) is 133 Å². The number of hydrazone groups is 1. The first-order valence-electron chi connectivity index (χ1n) is 10.6. The molecule has 3 aliphatic rings. The van der Waals surface area contributed by atoms with E-state index in [1.807, 2.05) is 0 Å². The van der Waals surface area contributed by atoms with Crippen LogP contribution in [0.1, 0.15) is 16.1 Å². The molecule has 0 radical (unpaired) electrons. The predicted molar refractivity (Wildman–Crippen MR) is 114 cm³/mol. The summed E-state index contributed by atoms with van der Waals surface area (Å²) in [6, 6.07) is 0. The smallest absolute Gasteiger partial charge is 0.858 e. The summed E-state index contributed by atoms with van der Waals surface area (Å²) in [6.07, 6.45) is 4.32. The quantitative estimate of drug-likeness (QED) is 0.304. The number of nitrogens with zero attached hydrogens (tertiary/aromatic N) is 6. The number of likely N-dealkylation sites (N-methyl/N-ethyl adjacent to an activating group) is 1. The molecule has 0 atom stereocenters. The summed E-state index contributed by atoms with van der Waals surface area (Å²) in [4.78, 5) is 41.5. The molecule has 12 nitrogen and oxygen atoms in total. The number of rotatable bonds is 4. The van der Waals surface area contributed by atoms with Gasteiger partial charge in [0.05, 0.1) is 32.0 Å². The number of hydrogen-bond acceptors (Lipinski definition) is 8. The molecule has 4 heterocycles. The Morgan fingerprint density at radius 3 is 2.12 bits per heavy atom. The van der Waals surface area contributed by atoms with Crippen LogP contribution in [-0.2, 0) is 26.1 Å². The summed E-state index contributed by atoms with van der Waals surface area (Å²) in [7, 11) is 2.94. The molecule has 1 aromatic rings. The maximum Gasteiger partial charge on any atom is 1.00 e. The molecule has 34 heavy (non-hydrogen) atoms. The van der Waals surface area contributed by atoms with Gasteiger partial charge in [-0.2, -0.15) is 10.2 Å². The second-order valence-corrected chi connectivity index (χ2v) is 7.72. The van der Waals surface area contributed by atoms with Gasteiger partial charge in [-0.1, -0.05) is 12.2 Å². The molecule has 2 fully saturated rings. The van der Waals surface area contributed by atoms with Crippen LogP contribution >= 0.6 is 0 Å². The van der Waals surface area contributed by atoms with Crippen LogP contribution in [0.2, 0.25) is 0 Å². The van der Waals surface area contributed by atoms with Crippen molar-refractivity contribution in [1.29, 1.82) is 0 Å². The fraction of sp³-hybridized carbons (Fsp3) is 0.476. The Labute approximate surface area is 239 Å². The number of ether oxygens (including phenoxy) is 2. The number of carbonyl (C=O) groups is 3. The molecule has 3 aliphatic heterocycles. The van der Waals surface area contributed by atoms with E-state index in [1.54, 1.807) is 9.80 Å². The summed E-state index contributed by atoms with van der Waals surface area (Å²) in [5.74, 6) is -1.58. The molecule has 0 aliphatic carbocycles. The van der Waals surface area contributed by atoms with Gasteiger partial charge in [0, 0.05) is 45.8 Å². The Bertz CT molecular complexity index is 1050. The van der Waals surface area contributed by atoms with E-state index in [1.165, 1.54) is 32.3 Å². The normalized spacial score (nSPS) is 20.2. The SMILES string of the molecule is CN1N=C(C(=O)N2CCOCC2)/C(=C\C=Cc2c(C(=O)N3CCOCC3)nn(C)c2[O-])C1=O.[K+]. The van der Waals surface area contributed by atoms with Crippen molar-refractivity contribution >= 4 is 29.5 Å². The number of carbonyl (C=O) groups excluding carboxylic acids is 3. The van der Waals surface area contributed by atoms with E-state index < -0.39 is 11.8 Å². The van der Waals surface area contributed by atoms with Gasteiger partial charge in [0.1, 0.15) is 0 Å². The molecule has 0 N–H and O–H groups in total. The molecule has 1 aromatic heterocycles. The maximum absolute atomic E-state index is 12.9. The van der Waals surface area contributed by atoms with Gasteiger partial charge in [-0.25, -0.2) is 5.01 Å². The van der Waals surface area contributed by atoms with Gasteiger partial charge < -0.3 is 24.4 Å². The first kappa shape index (κ1) is 26.7. The molecule has 0 saturated carbocycles. The minimum absolute atomic E-state index is 0. The Morgan fingerprint density at radius 2 is 1.53 bits per heavy atom. The first-order chi connectivity index (χ1) is 15.9. The van der Waals surface area contributed by atoms with Crippen LogP contribution in [0.5, 0.6) is 5.88 Å². The molecule has 0 bridgehead atoms. The standard InChI is InChI=1S/C21H26N6O6.K/c1-24-18(28)14(16(22-24)20(30)26-6-10-32-11-7-26)4-3-5-15-17(23-25(2)19(15)29)21(31)27-8-12-33-13-9-27;/h3-5,28H,6-13H2,1-2H3;/q;+1/p-1/b4-3?,15-5+;. The molecule has 4 rings (SSSR count). The number of allylic oxidation sites excluding steroid dienone is 2. The molecule has 0 unspecified atom stereocenters. The van der Waals surface area contributed by atoms with Crippen molar-refractivity contribution in [1.82, 2.24) is 24.6 Å². The zero-order valence-electron chi connectivity index (χ0n) is 19.5. The largest absolute Gasteiger partial charge is 1.00 e. The summed E-state index contributed by atoms with van der Waals surface area (Å²) in [6.45, 7) is 3.37. The van der Waals surface area contributed by atoms with E-state index in [0.717, 1.165) is 9.69 Å². The molecule has 13 heteroatoms. The van der Waals surface area contributed by atoms with Crippen LogP contribution in [0.3, 0.4) is 0 Å². The summed E-state index contributed by atoms with van der Waals surface area (Å²) in [5, 5.41) is 21.9. The number of amides is 3. The Kier molecular flexibility index (Phi) is 9.20. The molecule has 0 spiro atoms. The van der Waals surface area contributed by atoms with Crippen LogP contribution in [0, 0.1) is 0 Å². The van der Waals surface area contributed by atoms with Gasteiger partial charge in [-0.3, -0.25) is 19.1 Å². The average molecular weight is 497 g/mol. The fourth-order valence-electron chi connectivity index (χ4n) is 3.74. The zero-order valence-corrected chi connectivity index (χ0v) is 22.6. The van der Waals surface area contributed by atoms with E-state index in [0.29, 0.717) is 52.6 Å². The van der Waals surface area contributed by atoms with Gasteiger partial charge in [0.25, 0.3) is 17.7 Å². The van der Waals surface area contributed by atoms with E-state index in [9.17, 15) is 19.5 Å². The minimum atomic E-state index is -0.436. The number of hydrogen-bond donors (Lipinski definition) is 0. The second-order valence-electron chi connectivity index (χ2n) is 7.72. The molecular formula is C21H25KN6O6. The third-order valence-corrected chi connectivity index (χ3v) is 5.59. The van der Waals surface area contributed by atoms with Gasteiger partial charge >= 0.3 is 51.4 Å². The van der Waals surface area contributed by atoms with E-state index in [2.05, 4.69) is 10.2 Å². The van der Waals surface area contributed by atoms with Crippen molar-refractivity contribution in [2.75, 3.05) is 59.7 Å². The Balaban J connectivity index is 0.00000324. The molecule has 176 valence electrons. The van der Waals surface area contributed by atoms with Gasteiger partial charge in [0.2, 0.25) is 0 Å². The van der Waals surface area contributed by atoms with Crippen LogP contribution in [0.15, 0.2) is 22.8 Å². The second kappa shape index (κ2) is 11.7. The van der Waals surface area contributed by atoms with Crippen LogP contribution in [-0.4, -0.2) is 108 Å². The van der Waals surface area contributed by atoms with Crippen molar-refractivity contribution in [3.63, 3.8) is 0 Å². The van der Waals surface area contributed by atoms with Gasteiger partial charge in [0.15, 0.2) is 11.4 Å². The first-order valence-corrected chi connectivity index (χ1v) is 10.6. The number of aromatic nitrogens is 2. The average Bonchev–Trinajstić information content (AvgIpc) is 3.29. The van der Waals surface area contributed by atoms with E-state index in [-0.39, 0.29) is 85.7 Å². The van der Waals surface area contributed by atoms with E-state index in [4.69, 9.17) is 9.47 Å². The van der Waals surface area contributed by atoms with Crippen molar-refractivity contribution in [2.45, 2.75) is 0 Å². The zero-order chi connectivity index (χ0) is 23.5. The monoisotopic (exact) mass is 496 g/mol. The van der Waals surface area contributed by atoms with Crippen molar-refractivity contribution in [3.8, 4) is 5.88 Å². The molecule has 0 aromatic carbocycles. The van der Waals surface area contributed by atoms with Crippen LogP contribution in [0.25, 0.3) is 6.08 Å². The molecule has 3 amide bonds. The van der Waals surface area contributed by atoms with Crippen molar-refractivity contribution in [2.24, 2.45) is 12.1 Å². The summed E-state index contributed by atoms with van der Waals surface area (Å²) in [5.41, 5.74) is 0.296. The third kappa shape index (κ3) is 5.51. The van der Waals surface area contributed by atoms with Crippen LogP contribution in [0.4, 0.5) is 0 Å². The van der Waals surface area contributed by atoms with Gasteiger partial charge in [-0.15, -0.1) is 0 Å². The fourth-order valence-corrected chi connectivity index (χ4v) is 3.74. The summed E-state index contributed by atoms with van der Waals surface area (Å²) < 4.78 is 11.6. The Morgan fingerprint density at radius 1 is 0.971 bits per heavy atom. The molecule has 2 saturated heterocycles. The maximum atomic E-state index is 12.9.